The van der Waals surface area contributed by atoms with Crippen LogP contribution < -0.4 is 5.32 Å². The number of nitrogens with zero attached hydrogens (tertiary/aromatic N) is 1. The Balaban J connectivity index is 2.08. The highest BCUT2D eigenvalue weighted by Gasteiger charge is 2.25. The van der Waals surface area contributed by atoms with E-state index in [9.17, 15) is 4.79 Å². The topological polar surface area (TPSA) is 32.3 Å². The molecular formula is C10H20N2OS. The average Bonchev–Trinajstić information content (AvgIpc) is 2.48. The molecule has 4 heteroatoms. The van der Waals surface area contributed by atoms with E-state index in [1.54, 1.807) is 0 Å². The van der Waals surface area contributed by atoms with Crippen LogP contribution in [-0.2, 0) is 4.79 Å². The van der Waals surface area contributed by atoms with Gasteiger partial charge < -0.3 is 4.90 Å². The van der Waals surface area contributed by atoms with Gasteiger partial charge in [-0.25, -0.2) is 0 Å². The minimum Gasteiger partial charge on any atom is -0.326 e. The van der Waals surface area contributed by atoms with Gasteiger partial charge in [0, 0.05) is 6.54 Å². The summed E-state index contributed by atoms with van der Waals surface area (Å²) in [5.41, 5.74) is 0. The van der Waals surface area contributed by atoms with E-state index in [0.29, 0.717) is 6.54 Å². The normalized spacial score (nSPS) is 22.0. The van der Waals surface area contributed by atoms with Gasteiger partial charge in [-0.15, -0.1) is 0 Å². The first kappa shape index (κ1) is 11.9. The summed E-state index contributed by atoms with van der Waals surface area (Å²) in [6.07, 6.45) is 6.01. The number of nitrogens with one attached hydrogen (secondary N) is 1. The second kappa shape index (κ2) is 6.30. The summed E-state index contributed by atoms with van der Waals surface area (Å²) in [6, 6.07) is 0. The molecule has 0 aromatic rings. The molecule has 0 spiro atoms. The molecular weight excluding hydrogens is 196 g/mol. The Morgan fingerprint density at radius 1 is 1.50 bits per heavy atom. The van der Waals surface area contributed by atoms with Crippen molar-refractivity contribution in [1.82, 2.24) is 10.2 Å². The molecule has 1 heterocycles. The molecule has 0 aromatic carbocycles. The van der Waals surface area contributed by atoms with Gasteiger partial charge in [0.2, 0.25) is 5.91 Å². The fraction of sp³-hybridized carbons (Fsp3) is 0.900. The monoisotopic (exact) mass is 216 g/mol. The summed E-state index contributed by atoms with van der Waals surface area (Å²) < 4.78 is 0. The second-order valence-corrected chi connectivity index (χ2v) is 4.68. The summed E-state index contributed by atoms with van der Waals surface area (Å²) >= 11 is 1.89. The number of rotatable bonds is 6. The Labute approximate surface area is 90.6 Å². The third kappa shape index (κ3) is 3.50. The van der Waals surface area contributed by atoms with Gasteiger partial charge in [-0.1, -0.05) is 6.42 Å². The Morgan fingerprint density at radius 3 is 2.86 bits per heavy atom. The Hall–Kier alpha value is -0.220. The highest BCUT2D eigenvalue weighted by atomic mass is 32.2. The number of hydrogen-bond acceptors (Lipinski definition) is 3. The molecule has 3 nitrogen and oxygen atoms in total. The van der Waals surface area contributed by atoms with Crippen molar-refractivity contribution in [3.8, 4) is 0 Å². The maximum absolute atomic E-state index is 11.4. The minimum absolute atomic E-state index is 0.239. The molecule has 0 bridgehead atoms. The van der Waals surface area contributed by atoms with E-state index in [-0.39, 0.29) is 12.1 Å². The van der Waals surface area contributed by atoms with Crippen molar-refractivity contribution in [2.45, 2.75) is 32.4 Å². The predicted octanol–water partition coefficient (Wildman–Crippen LogP) is 1.30. The van der Waals surface area contributed by atoms with Crippen molar-refractivity contribution in [3.05, 3.63) is 0 Å². The highest BCUT2D eigenvalue weighted by Crippen LogP contribution is 2.08. The molecule has 14 heavy (non-hydrogen) atoms. The summed E-state index contributed by atoms with van der Waals surface area (Å²) in [5, 5.41) is 3.14. The maximum Gasteiger partial charge on any atom is 0.237 e. The lowest BCUT2D eigenvalue weighted by Gasteiger charge is -2.20. The Morgan fingerprint density at radius 2 is 2.29 bits per heavy atom. The summed E-state index contributed by atoms with van der Waals surface area (Å²) in [6.45, 7) is 3.49. The second-order valence-electron chi connectivity index (χ2n) is 3.70. The summed E-state index contributed by atoms with van der Waals surface area (Å²) in [5.74, 6) is 1.49. The zero-order valence-electron chi connectivity index (χ0n) is 9.08. The van der Waals surface area contributed by atoms with Gasteiger partial charge in [0.05, 0.1) is 12.7 Å². The van der Waals surface area contributed by atoms with Gasteiger partial charge in [0.1, 0.15) is 0 Å². The SMILES string of the molecule is CSCCCCCN1C(=O)CNC1C. The molecule has 1 aliphatic rings. The van der Waals surface area contributed by atoms with Crippen molar-refractivity contribution in [2.75, 3.05) is 25.1 Å². The number of unbranched alkanes of at least 4 members (excludes halogenated alkanes) is 2. The van der Waals surface area contributed by atoms with Crippen LogP contribution in [0.15, 0.2) is 0 Å². The van der Waals surface area contributed by atoms with Crippen LogP contribution in [0.3, 0.4) is 0 Å². The zero-order valence-corrected chi connectivity index (χ0v) is 9.90. The van der Waals surface area contributed by atoms with Crippen LogP contribution in [-0.4, -0.2) is 42.1 Å². The quantitative estimate of drug-likeness (QED) is 0.679. The van der Waals surface area contributed by atoms with Gasteiger partial charge >= 0.3 is 0 Å². The van der Waals surface area contributed by atoms with Crippen molar-refractivity contribution < 1.29 is 4.79 Å². The number of carbonyl (C=O) groups excluding carboxylic acids is 1. The molecule has 0 aliphatic carbocycles. The molecule has 1 saturated heterocycles. The summed E-state index contributed by atoms with van der Waals surface area (Å²) in [4.78, 5) is 13.3. The third-order valence-corrected chi connectivity index (χ3v) is 3.28. The molecule has 0 saturated carbocycles. The first-order valence-electron chi connectivity index (χ1n) is 5.27. The molecule has 0 radical (unpaired) electrons. The summed E-state index contributed by atoms with van der Waals surface area (Å²) in [7, 11) is 0. The number of carbonyl (C=O) groups is 1. The lowest BCUT2D eigenvalue weighted by Crippen LogP contribution is -2.35. The van der Waals surface area contributed by atoms with Crippen molar-refractivity contribution >= 4 is 17.7 Å². The highest BCUT2D eigenvalue weighted by molar-refractivity contribution is 7.98. The van der Waals surface area contributed by atoms with Crippen LogP contribution in [0.2, 0.25) is 0 Å². The minimum atomic E-state index is 0.239. The molecule has 1 rings (SSSR count). The van der Waals surface area contributed by atoms with Crippen molar-refractivity contribution in [3.63, 3.8) is 0 Å². The molecule has 1 aliphatic heterocycles. The van der Waals surface area contributed by atoms with E-state index < -0.39 is 0 Å². The average molecular weight is 216 g/mol. The molecule has 1 atom stereocenters. The van der Waals surface area contributed by atoms with E-state index >= 15 is 0 Å². The Bertz CT molecular complexity index is 187. The number of hydrogen-bond donors (Lipinski definition) is 1. The number of amides is 1. The molecule has 82 valence electrons. The van der Waals surface area contributed by atoms with Crippen LogP contribution >= 0.6 is 11.8 Å². The lowest BCUT2D eigenvalue weighted by molar-refractivity contribution is -0.127. The van der Waals surface area contributed by atoms with E-state index in [0.717, 1.165) is 13.0 Å². The zero-order chi connectivity index (χ0) is 10.4. The smallest absolute Gasteiger partial charge is 0.237 e. The largest absolute Gasteiger partial charge is 0.326 e. The van der Waals surface area contributed by atoms with Gasteiger partial charge in [-0.2, -0.15) is 11.8 Å². The molecule has 1 unspecified atom stereocenters. The maximum atomic E-state index is 11.4. The van der Waals surface area contributed by atoms with Crippen LogP contribution in [0.5, 0.6) is 0 Å². The van der Waals surface area contributed by atoms with Crippen molar-refractivity contribution in [2.24, 2.45) is 0 Å². The molecule has 1 amide bonds. The van der Waals surface area contributed by atoms with Crippen LogP contribution in [0.1, 0.15) is 26.2 Å². The van der Waals surface area contributed by atoms with E-state index in [4.69, 9.17) is 0 Å². The van der Waals surface area contributed by atoms with Gasteiger partial charge in [0.15, 0.2) is 0 Å². The van der Waals surface area contributed by atoms with Crippen molar-refractivity contribution in [1.29, 1.82) is 0 Å². The first-order chi connectivity index (χ1) is 6.75. The molecule has 0 aromatic heterocycles. The fourth-order valence-electron chi connectivity index (χ4n) is 1.69. The van der Waals surface area contributed by atoms with E-state index in [2.05, 4.69) is 11.6 Å². The third-order valence-electron chi connectivity index (χ3n) is 2.58. The lowest BCUT2D eigenvalue weighted by atomic mass is 10.2. The van der Waals surface area contributed by atoms with Crippen LogP contribution in [0.4, 0.5) is 0 Å². The van der Waals surface area contributed by atoms with Crippen LogP contribution in [0, 0.1) is 0 Å². The van der Waals surface area contributed by atoms with Gasteiger partial charge in [-0.3, -0.25) is 10.1 Å². The first-order valence-corrected chi connectivity index (χ1v) is 6.67. The molecule has 1 fully saturated rings. The predicted molar refractivity (Wildman–Crippen MR) is 61.4 cm³/mol. The van der Waals surface area contributed by atoms with E-state index in [1.807, 2.05) is 23.6 Å². The standard InChI is InChI=1S/C10H20N2OS/c1-9-11-8-10(13)12(9)6-4-3-5-7-14-2/h9,11H,3-8H2,1-2H3. The fourth-order valence-corrected chi connectivity index (χ4v) is 2.18. The van der Waals surface area contributed by atoms with Crippen LogP contribution in [0.25, 0.3) is 0 Å². The van der Waals surface area contributed by atoms with E-state index in [1.165, 1.54) is 18.6 Å². The number of thioether (sulfide) groups is 1. The molecule has 1 N–H and O–H groups in total. The van der Waals surface area contributed by atoms with Gasteiger partial charge in [-0.05, 0) is 31.8 Å². The Kier molecular flexibility index (Phi) is 5.33. The van der Waals surface area contributed by atoms with Gasteiger partial charge in [0.25, 0.3) is 0 Å².